The number of nitrogens with zero attached hydrogens (tertiary/aromatic N) is 4. The Labute approximate surface area is 204 Å². The highest BCUT2D eigenvalue weighted by atomic mass is 32.2. The van der Waals surface area contributed by atoms with E-state index in [1.807, 2.05) is 17.0 Å². The molecule has 0 N–H and O–H groups in total. The summed E-state index contributed by atoms with van der Waals surface area (Å²) >= 11 is 3.04. The first-order valence-electron chi connectivity index (χ1n) is 11.3. The van der Waals surface area contributed by atoms with Gasteiger partial charge in [-0.1, -0.05) is 11.8 Å². The van der Waals surface area contributed by atoms with Gasteiger partial charge in [0.2, 0.25) is 5.91 Å². The van der Waals surface area contributed by atoms with Gasteiger partial charge in [-0.15, -0.1) is 11.3 Å². The van der Waals surface area contributed by atoms with Crippen LogP contribution in [-0.2, 0) is 27.3 Å². The fourth-order valence-corrected chi connectivity index (χ4v) is 6.68. The predicted molar refractivity (Wildman–Crippen MR) is 131 cm³/mol. The van der Waals surface area contributed by atoms with Crippen molar-refractivity contribution in [1.29, 1.82) is 0 Å². The van der Waals surface area contributed by atoms with Gasteiger partial charge in [-0.2, -0.15) is 0 Å². The molecule has 8 nitrogen and oxygen atoms in total. The Hall–Kier alpha value is -2.53. The molecule has 0 radical (unpaired) electrons. The molecule has 2 aliphatic heterocycles. The Morgan fingerprint density at radius 1 is 1.24 bits per heavy atom. The summed E-state index contributed by atoms with van der Waals surface area (Å²) in [6.07, 6.45) is 4.01. The highest BCUT2D eigenvalue weighted by molar-refractivity contribution is 8.00. The van der Waals surface area contributed by atoms with Crippen molar-refractivity contribution in [2.24, 2.45) is 0 Å². The monoisotopic (exact) mass is 496 g/mol. The van der Waals surface area contributed by atoms with Crippen LogP contribution in [0, 0.1) is 0 Å². The van der Waals surface area contributed by atoms with Gasteiger partial charge in [-0.05, 0) is 31.5 Å². The number of aromatic nitrogens is 3. The molecular weight excluding hydrogens is 472 g/mol. The molecule has 6 rings (SSSR count). The average Bonchev–Trinajstić information content (AvgIpc) is 3.50. The topological polar surface area (TPSA) is 90.6 Å². The standard InChI is InChI=1S/C24H24N4O4S2/c1-24(2)10-14-15(11-32-24)19(16-4-3-7-31-16)27-22-18(14)20-21(34-22)23(26-13-25-20)33-12-17(29)28-5-8-30-9-6-28/h3-4,7,13H,5-6,8-12H2,1-2H3. The summed E-state index contributed by atoms with van der Waals surface area (Å²) in [4.78, 5) is 29.6. The van der Waals surface area contributed by atoms with Crippen molar-refractivity contribution in [1.82, 2.24) is 19.9 Å². The zero-order valence-corrected chi connectivity index (χ0v) is 20.6. The van der Waals surface area contributed by atoms with Gasteiger partial charge in [0.25, 0.3) is 0 Å². The van der Waals surface area contributed by atoms with Crippen LogP contribution in [0.25, 0.3) is 31.9 Å². The molecule has 0 bridgehead atoms. The van der Waals surface area contributed by atoms with Gasteiger partial charge in [0.1, 0.15) is 21.9 Å². The highest BCUT2D eigenvalue weighted by Gasteiger charge is 2.32. The molecule has 34 heavy (non-hydrogen) atoms. The molecule has 4 aromatic heterocycles. The molecule has 0 aliphatic carbocycles. The molecule has 0 saturated carbocycles. The molecule has 4 aromatic rings. The largest absolute Gasteiger partial charge is 0.463 e. The molecule has 0 atom stereocenters. The predicted octanol–water partition coefficient (Wildman–Crippen LogP) is 4.30. The molecule has 176 valence electrons. The number of thioether (sulfide) groups is 1. The Bertz CT molecular complexity index is 1380. The van der Waals surface area contributed by atoms with Gasteiger partial charge < -0.3 is 18.8 Å². The number of carbonyl (C=O) groups excluding carboxylic acids is 1. The summed E-state index contributed by atoms with van der Waals surface area (Å²) in [6, 6.07) is 3.80. The van der Waals surface area contributed by atoms with Crippen molar-refractivity contribution in [3.05, 3.63) is 35.9 Å². The molecule has 6 heterocycles. The first-order chi connectivity index (χ1) is 16.5. The second kappa shape index (κ2) is 8.60. The van der Waals surface area contributed by atoms with Crippen molar-refractivity contribution in [2.45, 2.75) is 37.5 Å². The van der Waals surface area contributed by atoms with Crippen LogP contribution in [0.2, 0.25) is 0 Å². The number of pyridine rings is 1. The van der Waals surface area contributed by atoms with E-state index >= 15 is 0 Å². The van der Waals surface area contributed by atoms with Gasteiger partial charge in [0.05, 0.1) is 47.7 Å². The van der Waals surface area contributed by atoms with Crippen molar-refractivity contribution in [2.75, 3.05) is 32.1 Å². The van der Waals surface area contributed by atoms with Crippen LogP contribution >= 0.6 is 23.1 Å². The van der Waals surface area contributed by atoms with Gasteiger partial charge in [-0.3, -0.25) is 4.79 Å². The van der Waals surface area contributed by atoms with Crippen molar-refractivity contribution in [3.8, 4) is 11.5 Å². The number of ether oxygens (including phenoxy) is 2. The molecular formula is C24H24N4O4S2. The van der Waals surface area contributed by atoms with E-state index in [-0.39, 0.29) is 11.5 Å². The number of fused-ring (bicyclic) bond motifs is 5. The summed E-state index contributed by atoms with van der Waals surface area (Å²) in [6.45, 7) is 7.17. The Morgan fingerprint density at radius 2 is 2.09 bits per heavy atom. The molecule has 2 aliphatic rings. The SMILES string of the molecule is CC1(C)Cc2c(c(-c3ccco3)nc3sc4c(SCC(=O)N5CCOCC5)ncnc4c23)CO1. The Balaban J connectivity index is 1.44. The zero-order valence-electron chi connectivity index (χ0n) is 19.0. The van der Waals surface area contributed by atoms with Crippen molar-refractivity contribution in [3.63, 3.8) is 0 Å². The number of amides is 1. The van der Waals surface area contributed by atoms with Crippen LogP contribution in [0.1, 0.15) is 25.0 Å². The molecule has 1 fully saturated rings. The Kier molecular flexibility index (Phi) is 5.56. The molecule has 1 amide bonds. The number of furan rings is 1. The lowest BCUT2D eigenvalue weighted by atomic mass is 9.89. The van der Waals surface area contributed by atoms with Gasteiger partial charge in [0.15, 0.2) is 5.76 Å². The van der Waals surface area contributed by atoms with Gasteiger partial charge in [-0.25, -0.2) is 15.0 Å². The number of thiophene rings is 1. The minimum Gasteiger partial charge on any atom is -0.463 e. The van der Waals surface area contributed by atoms with Gasteiger partial charge in [0, 0.05) is 30.5 Å². The smallest absolute Gasteiger partial charge is 0.233 e. The first kappa shape index (κ1) is 22.0. The van der Waals surface area contributed by atoms with Crippen LogP contribution in [0.5, 0.6) is 0 Å². The fraction of sp³-hybridized carbons (Fsp3) is 0.417. The number of carbonyl (C=O) groups is 1. The summed E-state index contributed by atoms with van der Waals surface area (Å²) in [7, 11) is 0. The third-order valence-electron chi connectivity index (χ3n) is 6.25. The lowest BCUT2D eigenvalue weighted by Gasteiger charge is -2.32. The highest BCUT2D eigenvalue weighted by Crippen LogP contribution is 2.44. The maximum atomic E-state index is 12.7. The lowest BCUT2D eigenvalue weighted by molar-refractivity contribution is -0.132. The first-order valence-corrected chi connectivity index (χ1v) is 13.1. The third kappa shape index (κ3) is 3.88. The van der Waals surface area contributed by atoms with E-state index in [0.717, 1.165) is 48.9 Å². The van der Waals surface area contributed by atoms with E-state index in [9.17, 15) is 4.79 Å². The molecule has 10 heteroatoms. The zero-order chi connectivity index (χ0) is 23.3. The minimum absolute atomic E-state index is 0.107. The minimum atomic E-state index is -0.287. The van der Waals surface area contributed by atoms with Crippen molar-refractivity contribution >= 4 is 49.4 Å². The van der Waals surface area contributed by atoms with E-state index < -0.39 is 0 Å². The number of rotatable bonds is 4. The number of hydrogen-bond acceptors (Lipinski definition) is 9. The maximum absolute atomic E-state index is 12.7. The van der Waals surface area contributed by atoms with Crippen LogP contribution in [0.3, 0.4) is 0 Å². The number of morpholine rings is 1. The van der Waals surface area contributed by atoms with E-state index in [1.54, 1.807) is 23.9 Å². The number of hydrogen-bond donors (Lipinski definition) is 0. The summed E-state index contributed by atoms with van der Waals surface area (Å²) in [5.41, 5.74) is 3.68. The van der Waals surface area contributed by atoms with Crippen LogP contribution in [0.15, 0.2) is 34.2 Å². The van der Waals surface area contributed by atoms with Gasteiger partial charge >= 0.3 is 0 Å². The van der Waals surface area contributed by atoms with E-state index in [1.165, 1.54) is 17.3 Å². The van der Waals surface area contributed by atoms with E-state index in [0.29, 0.717) is 38.7 Å². The second-order valence-corrected chi connectivity index (χ2v) is 11.0. The van der Waals surface area contributed by atoms with Crippen molar-refractivity contribution < 1.29 is 18.7 Å². The molecule has 1 saturated heterocycles. The summed E-state index contributed by atoms with van der Waals surface area (Å²) in [5, 5.41) is 1.87. The van der Waals surface area contributed by atoms with Crippen LogP contribution < -0.4 is 0 Å². The fourth-order valence-electron chi connectivity index (χ4n) is 4.54. The quantitative estimate of drug-likeness (QED) is 0.305. The molecule has 0 spiro atoms. The van der Waals surface area contributed by atoms with E-state index in [4.69, 9.17) is 18.9 Å². The maximum Gasteiger partial charge on any atom is 0.233 e. The summed E-state index contributed by atoms with van der Waals surface area (Å²) < 4.78 is 18.2. The average molecular weight is 497 g/mol. The second-order valence-electron chi connectivity index (χ2n) is 9.04. The lowest BCUT2D eigenvalue weighted by Crippen LogP contribution is -2.41. The molecule has 0 unspecified atom stereocenters. The van der Waals surface area contributed by atoms with Crippen LogP contribution in [-0.4, -0.2) is 63.4 Å². The van der Waals surface area contributed by atoms with Crippen LogP contribution in [0.4, 0.5) is 0 Å². The normalized spacial score (nSPS) is 17.9. The third-order valence-corrected chi connectivity index (χ3v) is 8.43. The summed E-state index contributed by atoms with van der Waals surface area (Å²) in [5.74, 6) is 1.18. The Morgan fingerprint density at radius 3 is 2.88 bits per heavy atom. The molecule has 0 aromatic carbocycles. The van der Waals surface area contributed by atoms with E-state index in [2.05, 4.69) is 23.8 Å².